The average molecular weight is 1880 g/mol. The first-order valence-corrected chi connectivity index (χ1v) is 38.2. The zero-order valence-corrected chi connectivity index (χ0v) is 74.3. The molecule has 8 rings (SSSR count). The molecule has 0 heterocycles. The van der Waals surface area contributed by atoms with E-state index in [2.05, 4.69) is 0 Å². The highest BCUT2D eigenvalue weighted by Gasteiger charge is 2.38. The predicted octanol–water partition coefficient (Wildman–Crippen LogP) is 12.7. The van der Waals surface area contributed by atoms with Gasteiger partial charge in [-0.15, -0.1) is 0 Å². The van der Waals surface area contributed by atoms with Crippen LogP contribution in [0.2, 0.25) is 0 Å². The summed E-state index contributed by atoms with van der Waals surface area (Å²) in [7, 11) is 0. The zero-order valence-electron chi connectivity index (χ0n) is 74.3. The Bertz CT molecular complexity index is 6120. The lowest BCUT2D eigenvalue weighted by molar-refractivity contribution is -0.135. The summed E-state index contributed by atoms with van der Waals surface area (Å²) in [5.74, 6) is -52.5. The summed E-state index contributed by atoms with van der Waals surface area (Å²) in [6, 6.07) is 11.6. The monoisotopic (exact) mass is 1880 g/mol. The number of hydrogen-bond donors (Lipinski definition) is 0. The molecule has 135 heavy (non-hydrogen) atoms. The Morgan fingerprint density at radius 2 is 0.237 bits per heavy atom. The van der Waals surface area contributed by atoms with Crippen molar-refractivity contribution in [2.75, 3.05) is 0 Å². The van der Waals surface area contributed by atoms with Crippen molar-refractivity contribution >= 4 is 119 Å². The maximum absolute atomic E-state index is 13.7. The van der Waals surface area contributed by atoms with Gasteiger partial charge in [-0.2, -0.15) is 0 Å². The number of benzene rings is 8. The highest BCUT2D eigenvalue weighted by molar-refractivity contribution is 5.89. The molecule has 0 aliphatic carbocycles. The molecule has 0 spiro atoms. The minimum Gasteiger partial charge on any atom is -0.449 e. The van der Waals surface area contributed by atoms with E-state index in [1.807, 2.05) is 0 Å². The van der Waals surface area contributed by atoms with Gasteiger partial charge < -0.3 is 128 Å². The third kappa shape index (κ3) is 29.4. The van der Waals surface area contributed by atoms with E-state index in [0.29, 0.717) is 24.3 Å². The minimum atomic E-state index is -1.34. The summed E-state index contributed by atoms with van der Waals surface area (Å²) < 4.78 is 154. The Morgan fingerprint density at radius 1 is 0.111 bits per heavy atom. The van der Waals surface area contributed by atoms with E-state index in [1.54, 1.807) is 0 Å². The van der Waals surface area contributed by atoms with Crippen LogP contribution >= 0.6 is 0 Å². The molecule has 8 aromatic rings. The molecule has 47 nitrogen and oxygen atoms in total. The van der Waals surface area contributed by atoms with Gasteiger partial charge in [0.25, 0.3) is 0 Å². The van der Waals surface area contributed by atoms with Crippen molar-refractivity contribution in [2.45, 2.75) is 138 Å². The third-order valence-corrected chi connectivity index (χ3v) is 14.8. The first kappa shape index (κ1) is 102. The number of esters is 20. The van der Waals surface area contributed by atoms with Crippen molar-refractivity contribution < 1.29 is 224 Å². The van der Waals surface area contributed by atoms with E-state index in [4.69, 9.17) is 128 Å². The van der Waals surface area contributed by atoms with Crippen molar-refractivity contribution in [3.05, 3.63) is 84.9 Å². The summed E-state index contributed by atoms with van der Waals surface area (Å²) >= 11 is 0. The standard InChI is InChI=1S/C88H74O47/c1-35(89)109-55-21-56(110-36(2)90)23-57(22-55)130-83-73(32-70(120-46(12)100)80(123-49(15)103)86(83)126-52(18)106)133-78-66(116-42(8)96)28-60(29-67(78)117-43(9)97)132-85-75(34-72(122-48(14)102)82(125-51(17)105)88(85)128-54(20)108)135-79-68(118-44(10)98)30-61(31-69(79)119-45(11)99)131-84-74(33-71(121-47(13)101)81(124-50(16)104)87(84)127-53(19)107)134-77-64(114-40(6)94)26-59(27-65(77)115-41(7)95)129-76-62(112-38(4)92)24-58(111-37(3)91)25-63(76)113-39(5)93/h21-34H,1-20H3. The van der Waals surface area contributed by atoms with Crippen LogP contribution in [0.25, 0.3) is 0 Å². The molecule has 0 atom stereocenters. The summed E-state index contributed by atoms with van der Waals surface area (Å²) in [5, 5.41) is 0. The van der Waals surface area contributed by atoms with Gasteiger partial charge in [0.15, 0.2) is 80.5 Å². The van der Waals surface area contributed by atoms with Gasteiger partial charge >= 0.3 is 119 Å². The second-order valence-corrected chi connectivity index (χ2v) is 26.8. The van der Waals surface area contributed by atoms with Crippen molar-refractivity contribution in [1.29, 1.82) is 0 Å². The predicted molar refractivity (Wildman–Crippen MR) is 438 cm³/mol. The van der Waals surface area contributed by atoms with E-state index < -0.39 is 298 Å². The molecule has 0 saturated carbocycles. The maximum Gasteiger partial charge on any atom is 0.308 e. The maximum atomic E-state index is 13.7. The summed E-state index contributed by atoms with van der Waals surface area (Å²) in [6.07, 6.45) is 0. The van der Waals surface area contributed by atoms with Crippen molar-refractivity contribution in [2.24, 2.45) is 0 Å². The molecule has 0 radical (unpaired) electrons. The normalized spacial score (nSPS) is 10.4. The fourth-order valence-electron chi connectivity index (χ4n) is 11.1. The first-order chi connectivity index (χ1) is 63.2. The van der Waals surface area contributed by atoms with Crippen molar-refractivity contribution in [3.63, 3.8) is 0 Å². The molecule has 0 amide bonds. The van der Waals surface area contributed by atoms with E-state index in [0.717, 1.165) is 199 Å². The van der Waals surface area contributed by atoms with E-state index in [1.165, 1.54) is 0 Å². The van der Waals surface area contributed by atoms with E-state index in [9.17, 15) is 95.9 Å². The van der Waals surface area contributed by atoms with Crippen LogP contribution in [0.4, 0.5) is 0 Å². The lowest BCUT2D eigenvalue weighted by atomic mass is 10.2. The zero-order chi connectivity index (χ0) is 100. The lowest BCUT2D eigenvalue weighted by Gasteiger charge is -2.24. The molecule has 8 aromatic carbocycles. The second kappa shape index (κ2) is 44.7. The second-order valence-electron chi connectivity index (χ2n) is 26.8. The van der Waals surface area contributed by atoms with Gasteiger partial charge in [0.2, 0.25) is 74.7 Å². The number of hydrogen-bond acceptors (Lipinski definition) is 47. The Labute approximate surface area is 759 Å². The minimum absolute atomic E-state index is 0.366. The molecule has 0 bridgehead atoms. The Morgan fingerprint density at radius 3 is 0.415 bits per heavy atom. The third-order valence-electron chi connectivity index (χ3n) is 14.8. The SMILES string of the molecule is CC(=O)Oc1cc(OC(C)=O)cc(Oc2c(Oc3c(OC(C)=O)cc(Oc4c(Oc5c(OC(C)=O)cc(Oc6c(Oc7c(OC(C)=O)cc(Oc8c(OC(C)=O)cc(OC(C)=O)cc8OC(C)=O)cc7OC(C)=O)cc(OC(C)=O)c(OC(C)=O)c6OC(C)=O)cc5OC(C)=O)cc(OC(C)=O)c(OC(C)=O)c4OC(C)=O)cc3OC(C)=O)cc(OC(C)=O)c(OC(C)=O)c2OC(C)=O)c1. The largest absolute Gasteiger partial charge is 0.449 e. The average Bonchev–Trinajstić information content (AvgIpc) is 0.764. The van der Waals surface area contributed by atoms with E-state index in [-0.39, 0.29) is 17.2 Å². The summed E-state index contributed by atoms with van der Waals surface area (Å²) in [6.45, 7) is 17.2. The van der Waals surface area contributed by atoms with Crippen LogP contribution < -0.4 is 128 Å². The topological polar surface area (TPSA) is 591 Å². The van der Waals surface area contributed by atoms with E-state index >= 15 is 0 Å². The fraction of sp³-hybridized carbons (Fsp3) is 0.227. The van der Waals surface area contributed by atoms with Gasteiger partial charge in [-0.3, -0.25) is 95.9 Å². The van der Waals surface area contributed by atoms with Crippen LogP contribution in [0.3, 0.4) is 0 Å². The van der Waals surface area contributed by atoms with Gasteiger partial charge in [0, 0.05) is 223 Å². The quantitative estimate of drug-likeness (QED) is 0.0267. The molecular formula is C88H74O47. The summed E-state index contributed by atoms with van der Waals surface area (Å²) in [4.78, 5) is 262. The number of carbonyl (C=O) groups is 20. The lowest BCUT2D eigenvalue weighted by Crippen LogP contribution is -2.13. The summed E-state index contributed by atoms with van der Waals surface area (Å²) in [5.41, 5.74) is 0. The van der Waals surface area contributed by atoms with Crippen molar-refractivity contribution in [3.8, 4) is 195 Å². The van der Waals surface area contributed by atoms with Gasteiger partial charge in [-0.1, -0.05) is 0 Å². The number of carbonyl (C=O) groups excluding carboxylic acids is 20. The first-order valence-electron chi connectivity index (χ1n) is 38.2. The fourth-order valence-corrected chi connectivity index (χ4v) is 11.1. The smallest absolute Gasteiger partial charge is 0.308 e. The molecular weight excluding hydrogens is 1810 g/mol. The highest BCUT2D eigenvalue weighted by atomic mass is 16.7. The van der Waals surface area contributed by atoms with Crippen LogP contribution in [-0.2, 0) is 95.9 Å². The van der Waals surface area contributed by atoms with Crippen LogP contribution in [0.15, 0.2) is 84.9 Å². The molecule has 0 unspecified atom stereocenters. The molecule has 47 heteroatoms. The van der Waals surface area contributed by atoms with Crippen molar-refractivity contribution in [1.82, 2.24) is 0 Å². The Balaban J connectivity index is 1.46. The number of ether oxygens (including phenoxy) is 27. The molecule has 0 aromatic heterocycles. The van der Waals surface area contributed by atoms with Gasteiger partial charge in [-0.05, 0) is 0 Å². The molecule has 0 aliphatic rings. The van der Waals surface area contributed by atoms with Crippen LogP contribution in [0, 0.1) is 0 Å². The molecule has 708 valence electrons. The Kier molecular flexibility index (Phi) is 33.8. The van der Waals surface area contributed by atoms with Crippen LogP contribution in [0.5, 0.6) is 195 Å². The van der Waals surface area contributed by atoms with Gasteiger partial charge in [-0.25, -0.2) is 0 Å². The molecule has 0 N–H and O–H groups in total. The van der Waals surface area contributed by atoms with Gasteiger partial charge in [0.05, 0.1) is 0 Å². The molecule has 0 fully saturated rings. The highest BCUT2D eigenvalue weighted by Crippen LogP contribution is 2.62. The molecule has 0 aliphatic heterocycles. The van der Waals surface area contributed by atoms with Gasteiger partial charge in [0.1, 0.15) is 40.2 Å². The van der Waals surface area contributed by atoms with Crippen LogP contribution in [0.1, 0.15) is 138 Å². The number of rotatable bonds is 34. The molecule has 0 saturated heterocycles. The van der Waals surface area contributed by atoms with Crippen LogP contribution in [-0.4, -0.2) is 119 Å². The Hall–Kier alpha value is -18.2.